The highest BCUT2D eigenvalue weighted by atomic mass is 32.2. The summed E-state index contributed by atoms with van der Waals surface area (Å²) in [5, 5.41) is 11.4. The van der Waals surface area contributed by atoms with Gasteiger partial charge in [-0.1, -0.05) is 17.2 Å². The Kier molecular flexibility index (Phi) is 6.96. The number of hydrogen-bond donors (Lipinski definition) is 1. The topological polar surface area (TPSA) is 99.6 Å². The molecule has 0 saturated carbocycles. The minimum absolute atomic E-state index is 0.0401. The number of furan rings is 1. The van der Waals surface area contributed by atoms with E-state index in [-0.39, 0.29) is 17.8 Å². The van der Waals surface area contributed by atoms with E-state index in [1.165, 1.54) is 0 Å². The lowest BCUT2D eigenvalue weighted by Crippen LogP contribution is -2.11. The molecule has 0 aliphatic heterocycles. The number of nitrogens with one attached hydrogen (secondary N) is 1. The highest BCUT2D eigenvalue weighted by molar-refractivity contribution is 7.99. The van der Waals surface area contributed by atoms with Crippen LogP contribution in [0.4, 0.5) is 6.01 Å². The fraction of sp³-hybridized carbons (Fsp3) is 0.261. The number of carbonyl (C=O) groups is 1. The lowest BCUT2D eigenvalue weighted by atomic mass is 10.2. The van der Waals surface area contributed by atoms with Gasteiger partial charge in [0, 0.05) is 16.7 Å². The van der Waals surface area contributed by atoms with Crippen molar-refractivity contribution in [2.75, 3.05) is 24.8 Å². The van der Waals surface area contributed by atoms with Crippen LogP contribution in [0, 0.1) is 0 Å². The quantitative estimate of drug-likeness (QED) is 0.252. The molecule has 2 heterocycles. The van der Waals surface area contributed by atoms with Crippen LogP contribution in [0.25, 0.3) is 22.6 Å². The Labute approximate surface area is 189 Å². The van der Waals surface area contributed by atoms with Crippen LogP contribution in [0.5, 0.6) is 11.5 Å². The third kappa shape index (κ3) is 5.23. The summed E-state index contributed by atoms with van der Waals surface area (Å²) >= 11 is 1.69. The first-order valence-corrected chi connectivity index (χ1v) is 11.2. The molecule has 1 N–H and O–H groups in total. The predicted octanol–water partition coefficient (Wildman–Crippen LogP) is 5.40. The summed E-state index contributed by atoms with van der Waals surface area (Å²) in [7, 11) is 1.64. The zero-order valence-electron chi connectivity index (χ0n) is 17.8. The highest BCUT2D eigenvalue weighted by Gasteiger charge is 2.17. The molecule has 0 bridgehead atoms. The first-order chi connectivity index (χ1) is 15.7. The molecule has 0 fully saturated rings. The number of anilines is 1. The summed E-state index contributed by atoms with van der Waals surface area (Å²) in [6.45, 7) is 2.44. The minimum Gasteiger partial charge on any atom is -0.497 e. The van der Waals surface area contributed by atoms with Gasteiger partial charge in [-0.25, -0.2) is 0 Å². The number of carbonyl (C=O) groups excluding carboxylic acids is 1. The van der Waals surface area contributed by atoms with Crippen LogP contribution in [-0.4, -0.2) is 35.6 Å². The van der Waals surface area contributed by atoms with Crippen molar-refractivity contribution in [3.8, 4) is 23.1 Å². The molecule has 8 nitrogen and oxygen atoms in total. The minimum atomic E-state index is -0.182. The molecule has 166 valence electrons. The Morgan fingerprint density at radius 1 is 1.12 bits per heavy atom. The maximum absolute atomic E-state index is 12.2. The standard InChI is InChI=1S/C23H23N3O5S/c1-3-29-18-7-4-6-15-14-19(30-21(15)18)22-25-26-23(31-22)24-20(27)8-5-13-32-17-11-9-16(28-2)10-12-17/h4,6-7,9-12,14H,3,5,8,13H2,1-2H3,(H,24,26,27). The van der Waals surface area contributed by atoms with E-state index >= 15 is 0 Å². The number of rotatable bonds is 10. The molecule has 0 saturated heterocycles. The molecule has 2 aromatic heterocycles. The predicted molar refractivity (Wildman–Crippen MR) is 122 cm³/mol. The molecular weight excluding hydrogens is 430 g/mol. The number of methoxy groups -OCH3 is 1. The van der Waals surface area contributed by atoms with E-state index in [1.54, 1.807) is 24.9 Å². The summed E-state index contributed by atoms with van der Waals surface area (Å²) in [5.41, 5.74) is 0.613. The van der Waals surface area contributed by atoms with Gasteiger partial charge in [-0.15, -0.1) is 16.9 Å². The van der Waals surface area contributed by atoms with Crippen molar-refractivity contribution < 1.29 is 23.1 Å². The second-order valence-electron chi connectivity index (χ2n) is 6.81. The number of para-hydroxylation sites is 1. The molecule has 32 heavy (non-hydrogen) atoms. The monoisotopic (exact) mass is 453 g/mol. The molecule has 9 heteroatoms. The van der Waals surface area contributed by atoms with Crippen molar-refractivity contribution in [2.45, 2.75) is 24.7 Å². The Bertz CT molecular complexity index is 1190. The number of hydrogen-bond acceptors (Lipinski definition) is 8. The lowest BCUT2D eigenvalue weighted by Gasteiger charge is -2.03. The van der Waals surface area contributed by atoms with E-state index in [1.807, 2.05) is 49.4 Å². The molecule has 1 amide bonds. The van der Waals surface area contributed by atoms with Gasteiger partial charge in [0.25, 0.3) is 5.89 Å². The molecule has 4 rings (SSSR count). The second-order valence-corrected chi connectivity index (χ2v) is 7.97. The van der Waals surface area contributed by atoms with Gasteiger partial charge < -0.3 is 18.3 Å². The van der Waals surface area contributed by atoms with Crippen molar-refractivity contribution >= 4 is 34.7 Å². The van der Waals surface area contributed by atoms with Crippen LogP contribution in [0.3, 0.4) is 0 Å². The Morgan fingerprint density at radius 2 is 1.97 bits per heavy atom. The van der Waals surface area contributed by atoms with Gasteiger partial charge in [-0.05, 0) is 55.5 Å². The lowest BCUT2D eigenvalue weighted by molar-refractivity contribution is -0.116. The fourth-order valence-electron chi connectivity index (χ4n) is 3.06. The van der Waals surface area contributed by atoms with Gasteiger partial charge in [-0.3, -0.25) is 10.1 Å². The fourth-order valence-corrected chi connectivity index (χ4v) is 3.91. The van der Waals surface area contributed by atoms with Crippen LogP contribution in [-0.2, 0) is 4.79 Å². The van der Waals surface area contributed by atoms with Crippen molar-refractivity contribution in [3.05, 3.63) is 48.5 Å². The molecule has 0 radical (unpaired) electrons. The summed E-state index contributed by atoms with van der Waals surface area (Å²) in [6.07, 6.45) is 1.07. The molecule has 0 aliphatic rings. The number of thioether (sulfide) groups is 1. The molecule has 0 aliphatic carbocycles. The number of amides is 1. The second kappa shape index (κ2) is 10.2. The first-order valence-electron chi connectivity index (χ1n) is 10.2. The van der Waals surface area contributed by atoms with Crippen LogP contribution < -0.4 is 14.8 Å². The number of fused-ring (bicyclic) bond motifs is 1. The van der Waals surface area contributed by atoms with Gasteiger partial charge in [0.1, 0.15) is 5.75 Å². The summed E-state index contributed by atoms with van der Waals surface area (Å²) in [6, 6.07) is 15.3. The van der Waals surface area contributed by atoms with E-state index in [0.717, 1.165) is 21.8 Å². The van der Waals surface area contributed by atoms with Crippen LogP contribution in [0.1, 0.15) is 19.8 Å². The molecule has 0 spiro atoms. The van der Waals surface area contributed by atoms with Crippen LogP contribution in [0.15, 0.2) is 62.3 Å². The van der Waals surface area contributed by atoms with Gasteiger partial charge in [0.2, 0.25) is 5.91 Å². The van der Waals surface area contributed by atoms with Gasteiger partial charge >= 0.3 is 6.01 Å². The van der Waals surface area contributed by atoms with E-state index < -0.39 is 0 Å². The van der Waals surface area contributed by atoms with E-state index in [0.29, 0.717) is 36.5 Å². The smallest absolute Gasteiger partial charge is 0.322 e. The molecule has 0 unspecified atom stereocenters. The van der Waals surface area contributed by atoms with Gasteiger partial charge in [-0.2, -0.15) is 0 Å². The Morgan fingerprint density at radius 3 is 2.75 bits per heavy atom. The van der Waals surface area contributed by atoms with Gasteiger partial charge in [0.05, 0.1) is 13.7 Å². The van der Waals surface area contributed by atoms with Gasteiger partial charge in [0.15, 0.2) is 17.1 Å². The number of ether oxygens (including phenoxy) is 2. The molecular formula is C23H23N3O5S. The van der Waals surface area contributed by atoms with Crippen molar-refractivity contribution in [2.24, 2.45) is 0 Å². The SMILES string of the molecule is CCOc1cccc2cc(-c3nnc(NC(=O)CCCSc4ccc(OC)cc4)o3)oc12. The number of benzene rings is 2. The van der Waals surface area contributed by atoms with Crippen LogP contribution >= 0.6 is 11.8 Å². The maximum Gasteiger partial charge on any atom is 0.322 e. The van der Waals surface area contributed by atoms with E-state index in [4.69, 9.17) is 18.3 Å². The molecule has 2 aromatic carbocycles. The highest BCUT2D eigenvalue weighted by Crippen LogP contribution is 2.33. The average molecular weight is 454 g/mol. The van der Waals surface area contributed by atoms with Crippen molar-refractivity contribution in [1.29, 1.82) is 0 Å². The normalized spacial score (nSPS) is 10.9. The average Bonchev–Trinajstić information content (AvgIpc) is 3.45. The first kappa shape index (κ1) is 21.8. The summed E-state index contributed by atoms with van der Waals surface area (Å²) < 4.78 is 22.1. The molecule has 4 aromatic rings. The van der Waals surface area contributed by atoms with Crippen LogP contribution in [0.2, 0.25) is 0 Å². The Balaban J connectivity index is 1.29. The summed E-state index contributed by atoms with van der Waals surface area (Å²) in [4.78, 5) is 13.3. The van der Waals surface area contributed by atoms with Crippen molar-refractivity contribution in [3.63, 3.8) is 0 Å². The third-order valence-corrected chi connectivity index (χ3v) is 5.66. The number of aromatic nitrogens is 2. The maximum atomic E-state index is 12.2. The Hall–Kier alpha value is -3.46. The zero-order valence-corrected chi connectivity index (χ0v) is 18.6. The zero-order chi connectivity index (χ0) is 22.3. The van der Waals surface area contributed by atoms with E-state index in [9.17, 15) is 4.79 Å². The van der Waals surface area contributed by atoms with E-state index in [2.05, 4.69) is 15.5 Å². The largest absolute Gasteiger partial charge is 0.497 e. The van der Waals surface area contributed by atoms with Crippen molar-refractivity contribution in [1.82, 2.24) is 10.2 Å². The molecule has 0 atom stereocenters. The third-order valence-electron chi connectivity index (χ3n) is 4.57. The summed E-state index contributed by atoms with van der Waals surface area (Å²) in [5.74, 6) is 2.71. The number of nitrogens with zero attached hydrogens (tertiary/aromatic N) is 2.